The fourth-order valence-corrected chi connectivity index (χ4v) is 3.03. The molecule has 2 heterocycles. The van der Waals surface area contributed by atoms with Crippen molar-refractivity contribution >= 4 is 11.9 Å². The molecule has 0 radical (unpaired) electrons. The minimum atomic E-state index is -4.82. The normalized spacial score (nSPS) is 20.1. The number of hydrogen-bond acceptors (Lipinski definition) is 6. The Labute approximate surface area is 160 Å². The molecule has 1 aliphatic heterocycles. The van der Waals surface area contributed by atoms with E-state index >= 15 is 0 Å². The van der Waals surface area contributed by atoms with Gasteiger partial charge in [-0.05, 0) is 19.4 Å². The van der Waals surface area contributed by atoms with E-state index in [4.69, 9.17) is 9.47 Å². The van der Waals surface area contributed by atoms with Crippen LogP contribution in [-0.4, -0.2) is 41.2 Å². The van der Waals surface area contributed by atoms with Crippen molar-refractivity contribution < 1.29 is 27.4 Å². The Bertz CT molecular complexity index is 820. The molecule has 0 N–H and O–H groups in total. The third kappa shape index (κ3) is 4.78. The highest BCUT2D eigenvalue weighted by Gasteiger charge is 2.39. The quantitative estimate of drug-likeness (QED) is 0.739. The van der Waals surface area contributed by atoms with Crippen LogP contribution in [0.25, 0.3) is 0 Å². The molecule has 0 aliphatic carbocycles. The summed E-state index contributed by atoms with van der Waals surface area (Å²) >= 11 is 0. The molecule has 9 heteroatoms. The number of morpholine rings is 1. The van der Waals surface area contributed by atoms with Gasteiger partial charge in [-0.25, -0.2) is 14.8 Å². The van der Waals surface area contributed by atoms with Crippen molar-refractivity contribution in [1.29, 1.82) is 0 Å². The summed E-state index contributed by atoms with van der Waals surface area (Å²) in [6.45, 7) is 4.22. The van der Waals surface area contributed by atoms with E-state index in [2.05, 4.69) is 9.97 Å². The summed E-state index contributed by atoms with van der Waals surface area (Å²) < 4.78 is 51.2. The lowest BCUT2D eigenvalue weighted by Gasteiger charge is -2.35. The number of ether oxygens (including phenoxy) is 2. The van der Waals surface area contributed by atoms with Gasteiger partial charge in [-0.15, -0.1) is 0 Å². The highest BCUT2D eigenvalue weighted by atomic mass is 19.4. The highest BCUT2D eigenvalue weighted by molar-refractivity contribution is 5.90. The molecule has 150 valence electrons. The first-order valence-corrected chi connectivity index (χ1v) is 8.79. The molecule has 3 rings (SSSR count). The van der Waals surface area contributed by atoms with Gasteiger partial charge in [0.25, 0.3) is 0 Å². The second-order valence-electron chi connectivity index (χ2n) is 6.65. The Morgan fingerprint density at radius 2 is 1.86 bits per heavy atom. The molecule has 0 saturated carbocycles. The monoisotopic (exact) mass is 395 g/mol. The number of carbonyl (C=O) groups is 1. The van der Waals surface area contributed by atoms with Crippen LogP contribution in [0.2, 0.25) is 0 Å². The van der Waals surface area contributed by atoms with Gasteiger partial charge in [0.2, 0.25) is 5.95 Å². The van der Waals surface area contributed by atoms with Crippen molar-refractivity contribution in [2.24, 2.45) is 0 Å². The highest BCUT2D eigenvalue weighted by Crippen LogP contribution is 2.32. The van der Waals surface area contributed by atoms with Crippen LogP contribution in [0, 0.1) is 0 Å². The van der Waals surface area contributed by atoms with Crippen molar-refractivity contribution in [2.45, 2.75) is 38.8 Å². The summed E-state index contributed by atoms with van der Waals surface area (Å²) in [5, 5.41) is 0. The number of anilines is 1. The van der Waals surface area contributed by atoms with Crippen LogP contribution in [0.15, 0.2) is 36.5 Å². The Morgan fingerprint density at radius 3 is 2.46 bits per heavy atom. The zero-order valence-electron chi connectivity index (χ0n) is 15.4. The number of esters is 1. The number of rotatable bonds is 4. The first kappa shape index (κ1) is 20.1. The summed E-state index contributed by atoms with van der Waals surface area (Å²) in [6, 6.07) is 8.68. The van der Waals surface area contributed by atoms with E-state index in [1.165, 1.54) is 0 Å². The van der Waals surface area contributed by atoms with Gasteiger partial charge in [0.1, 0.15) is 12.2 Å². The predicted molar refractivity (Wildman–Crippen MR) is 94.8 cm³/mol. The second kappa shape index (κ2) is 8.14. The average molecular weight is 395 g/mol. The molecule has 6 nitrogen and oxygen atoms in total. The standard InChI is InChI=1S/C19H20F3N3O3/c1-12-9-25(10-13(2)28-12)18-23-8-15(16(24-18)19(20,21)22)17(26)27-11-14-6-4-3-5-7-14/h3-8,12-13H,9-11H2,1-2H3/t12-,13+. The molecule has 0 amide bonds. The molecule has 2 atom stereocenters. The first-order valence-electron chi connectivity index (χ1n) is 8.79. The van der Waals surface area contributed by atoms with Crippen molar-refractivity contribution in [3.8, 4) is 0 Å². The van der Waals surface area contributed by atoms with E-state index in [0.717, 1.165) is 6.20 Å². The molecule has 0 bridgehead atoms. The Kier molecular flexibility index (Phi) is 5.83. The zero-order chi connectivity index (χ0) is 20.3. The molecule has 2 aromatic rings. The second-order valence-corrected chi connectivity index (χ2v) is 6.65. The summed E-state index contributed by atoms with van der Waals surface area (Å²) in [5.41, 5.74) is -1.35. The Morgan fingerprint density at radius 1 is 1.21 bits per heavy atom. The lowest BCUT2D eigenvalue weighted by molar-refractivity contribution is -0.141. The third-order valence-electron chi connectivity index (χ3n) is 4.18. The number of nitrogens with zero attached hydrogens (tertiary/aromatic N) is 3. The van der Waals surface area contributed by atoms with E-state index in [1.807, 2.05) is 13.8 Å². The maximum absolute atomic E-state index is 13.5. The molecule has 28 heavy (non-hydrogen) atoms. The molecular formula is C19H20F3N3O3. The fraction of sp³-hybridized carbons (Fsp3) is 0.421. The van der Waals surface area contributed by atoms with Crippen LogP contribution < -0.4 is 4.90 Å². The maximum atomic E-state index is 13.5. The van der Waals surface area contributed by atoms with Gasteiger partial charge in [0, 0.05) is 19.3 Å². The van der Waals surface area contributed by atoms with Crippen LogP contribution in [0.5, 0.6) is 0 Å². The largest absolute Gasteiger partial charge is 0.457 e. The molecule has 0 unspecified atom stereocenters. The molecule has 1 saturated heterocycles. The number of halogens is 3. The average Bonchev–Trinajstić information content (AvgIpc) is 2.65. The Hall–Kier alpha value is -2.68. The molecule has 1 aromatic heterocycles. The summed E-state index contributed by atoms with van der Waals surface area (Å²) in [5.74, 6) is -1.21. The molecular weight excluding hydrogens is 375 g/mol. The lowest BCUT2D eigenvalue weighted by atomic mass is 10.2. The van der Waals surface area contributed by atoms with E-state index in [1.54, 1.807) is 35.2 Å². The summed E-state index contributed by atoms with van der Waals surface area (Å²) in [7, 11) is 0. The van der Waals surface area contributed by atoms with Gasteiger partial charge < -0.3 is 14.4 Å². The zero-order valence-corrected chi connectivity index (χ0v) is 15.4. The van der Waals surface area contributed by atoms with Gasteiger partial charge in [-0.3, -0.25) is 0 Å². The number of hydrogen-bond donors (Lipinski definition) is 0. The van der Waals surface area contributed by atoms with Gasteiger partial charge in [-0.1, -0.05) is 30.3 Å². The SMILES string of the molecule is C[C@@H]1CN(c2ncc(C(=O)OCc3ccccc3)c(C(F)(F)F)n2)C[C@H](C)O1. The maximum Gasteiger partial charge on any atom is 0.434 e. The van der Waals surface area contributed by atoms with E-state index in [-0.39, 0.29) is 24.8 Å². The van der Waals surface area contributed by atoms with Gasteiger partial charge >= 0.3 is 12.1 Å². The van der Waals surface area contributed by atoms with Crippen LogP contribution >= 0.6 is 0 Å². The minimum Gasteiger partial charge on any atom is -0.457 e. The number of aromatic nitrogens is 2. The Balaban J connectivity index is 1.83. The summed E-state index contributed by atoms with van der Waals surface area (Å²) in [4.78, 5) is 21.5. The molecule has 1 aromatic carbocycles. The van der Waals surface area contributed by atoms with E-state index < -0.39 is 23.4 Å². The van der Waals surface area contributed by atoms with Crippen molar-refractivity contribution in [3.05, 3.63) is 53.3 Å². The first-order chi connectivity index (χ1) is 13.2. The van der Waals surface area contributed by atoms with E-state index in [9.17, 15) is 18.0 Å². The van der Waals surface area contributed by atoms with Crippen LogP contribution in [0.3, 0.4) is 0 Å². The topological polar surface area (TPSA) is 64.6 Å². The van der Waals surface area contributed by atoms with E-state index in [0.29, 0.717) is 18.7 Å². The summed E-state index contributed by atoms with van der Waals surface area (Å²) in [6.07, 6.45) is -4.28. The number of alkyl halides is 3. The third-order valence-corrected chi connectivity index (χ3v) is 4.18. The van der Waals surface area contributed by atoms with Gasteiger partial charge in [0.15, 0.2) is 5.69 Å². The number of benzene rings is 1. The smallest absolute Gasteiger partial charge is 0.434 e. The van der Waals surface area contributed by atoms with Crippen LogP contribution in [-0.2, 0) is 22.3 Å². The predicted octanol–water partition coefficient (Wildman–Crippen LogP) is 3.47. The molecule has 1 fully saturated rings. The molecule has 1 aliphatic rings. The fourth-order valence-electron chi connectivity index (χ4n) is 3.03. The molecule has 0 spiro atoms. The number of carbonyl (C=O) groups excluding carboxylic acids is 1. The van der Waals surface area contributed by atoms with Crippen molar-refractivity contribution in [3.63, 3.8) is 0 Å². The van der Waals surface area contributed by atoms with Crippen LogP contribution in [0.4, 0.5) is 19.1 Å². The van der Waals surface area contributed by atoms with Crippen LogP contribution in [0.1, 0.15) is 35.5 Å². The van der Waals surface area contributed by atoms with Gasteiger partial charge in [-0.2, -0.15) is 13.2 Å². The minimum absolute atomic E-state index is 0.0889. The van der Waals surface area contributed by atoms with Gasteiger partial charge in [0.05, 0.1) is 12.2 Å². The van der Waals surface area contributed by atoms with Crippen molar-refractivity contribution in [2.75, 3.05) is 18.0 Å². The van der Waals surface area contributed by atoms with Crippen molar-refractivity contribution in [1.82, 2.24) is 9.97 Å². The lowest BCUT2D eigenvalue weighted by Crippen LogP contribution is -2.46.